The van der Waals surface area contributed by atoms with Crippen LogP contribution in [0.2, 0.25) is 0 Å². The molecule has 0 heterocycles. The number of hydrogen-bond donors (Lipinski definition) is 1. The number of halogens is 3. The average Bonchev–Trinajstić information content (AvgIpc) is 2.56. The third-order valence-corrected chi connectivity index (χ3v) is 2.88. The van der Waals surface area contributed by atoms with E-state index in [2.05, 4.69) is 10.5 Å². The molecule has 1 N–H and O–H groups in total. The average molecular weight is 322 g/mol. The molecular weight excluding hydrogens is 309 g/mol. The van der Waals surface area contributed by atoms with Crippen LogP contribution in [0.1, 0.15) is 12.5 Å². The van der Waals surface area contributed by atoms with Crippen molar-refractivity contribution >= 4 is 17.8 Å². The minimum atomic E-state index is -1.65. The molecule has 0 unspecified atom stereocenters. The Hall–Kier alpha value is -2.83. The van der Waals surface area contributed by atoms with Gasteiger partial charge in [0.25, 0.3) is 5.91 Å². The van der Waals surface area contributed by atoms with Gasteiger partial charge in [0.15, 0.2) is 17.5 Å². The van der Waals surface area contributed by atoms with E-state index in [-0.39, 0.29) is 0 Å². The minimum absolute atomic E-state index is 0.476. The van der Waals surface area contributed by atoms with Gasteiger partial charge in [0.05, 0.1) is 11.9 Å². The summed E-state index contributed by atoms with van der Waals surface area (Å²) in [7, 11) is 0. The van der Waals surface area contributed by atoms with Crippen LogP contribution in [0.5, 0.6) is 0 Å². The van der Waals surface area contributed by atoms with Crippen LogP contribution in [0.15, 0.2) is 47.6 Å². The van der Waals surface area contributed by atoms with Crippen molar-refractivity contribution in [1.29, 1.82) is 0 Å². The van der Waals surface area contributed by atoms with E-state index in [1.807, 2.05) is 18.2 Å². The summed E-state index contributed by atoms with van der Waals surface area (Å²) in [4.78, 5) is 16.8. The van der Waals surface area contributed by atoms with Gasteiger partial charge in [0.1, 0.15) is 0 Å². The summed E-state index contributed by atoms with van der Waals surface area (Å²) in [6.07, 6.45) is 0.351. The highest BCUT2D eigenvalue weighted by Gasteiger charge is 2.19. The fourth-order valence-corrected chi connectivity index (χ4v) is 1.63. The number of carbonyl (C=O) groups is 1. The molecule has 120 valence electrons. The van der Waals surface area contributed by atoms with Gasteiger partial charge in [-0.1, -0.05) is 35.5 Å². The Bertz CT molecular complexity index is 721. The van der Waals surface area contributed by atoms with Gasteiger partial charge >= 0.3 is 0 Å². The molecule has 2 rings (SSSR count). The molecule has 0 radical (unpaired) electrons. The first-order valence-electron chi connectivity index (χ1n) is 6.67. The lowest BCUT2D eigenvalue weighted by atomic mass is 10.2. The predicted octanol–water partition coefficient (Wildman–Crippen LogP) is 3.48. The van der Waals surface area contributed by atoms with E-state index in [0.29, 0.717) is 6.07 Å². The number of rotatable bonds is 5. The van der Waals surface area contributed by atoms with Crippen molar-refractivity contribution in [1.82, 2.24) is 0 Å². The van der Waals surface area contributed by atoms with E-state index in [1.165, 1.54) is 13.1 Å². The van der Waals surface area contributed by atoms with E-state index in [4.69, 9.17) is 4.84 Å². The van der Waals surface area contributed by atoms with Crippen LogP contribution in [0.25, 0.3) is 0 Å². The molecule has 0 fully saturated rings. The van der Waals surface area contributed by atoms with Gasteiger partial charge in [0.2, 0.25) is 6.10 Å². The van der Waals surface area contributed by atoms with Crippen LogP contribution in [-0.4, -0.2) is 18.2 Å². The summed E-state index contributed by atoms with van der Waals surface area (Å²) in [5.74, 6) is -5.21. The number of nitrogens with zero attached hydrogens (tertiary/aromatic N) is 1. The van der Waals surface area contributed by atoms with Gasteiger partial charge in [-0.15, -0.1) is 0 Å². The Morgan fingerprint density at radius 3 is 2.52 bits per heavy atom. The van der Waals surface area contributed by atoms with Gasteiger partial charge in [-0.25, -0.2) is 13.2 Å². The molecule has 1 amide bonds. The van der Waals surface area contributed by atoms with Crippen molar-refractivity contribution in [3.8, 4) is 0 Å². The quantitative estimate of drug-likeness (QED) is 0.520. The first-order valence-corrected chi connectivity index (χ1v) is 6.67. The number of oxime groups is 1. The largest absolute Gasteiger partial charge is 0.383 e. The van der Waals surface area contributed by atoms with E-state index in [9.17, 15) is 18.0 Å². The molecule has 7 heteroatoms. The van der Waals surface area contributed by atoms with Crippen molar-refractivity contribution in [3.63, 3.8) is 0 Å². The monoisotopic (exact) mass is 322 g/mol. The van der Waals surface area contributed by atoms with Crippen LogP contribution in [0.3, 0.4) is 0 Å². The Balaban J connectivity index is 1.95. The third kappa shape index (κ3) is 4.32. The number of anilines is 1. The van der Waals surface area contributed by atoms with Crippen molar-refractivity contribution in [2.75, 3.05) is 5.32 Å². The molecule has 0 spiro atoms. The molecule has 0 saturated heterocycles. The Morgan fingerprint density at radius 1 is 1.13 bits per heavy atom. The lowest BCUT2D eigenvalue weighted by molar-refractivity contribution is -0.126. The van der Waals surface area contributed by atoms with E-state index < -0.39 is 35.2 Å². The second-order valence-corrected chi connectivity index (χ2v) is 4.60. The molecule has 0 aromatic heterocycles. The second-order valence-electron chi connectivity index (χ2n) is 4.60. The highest BCUT2D eigenvalue weighted by atomic mass is 19.2. The first-order chi connectivity index (χ1) is 11.0. The zero-order valence-electron chi connectivity index (χ0n) is 12.1. The summed E-state index contributed by atoms with van der Waals surface area (Å²) >= 11 is 0. The van der Waals surface area contributed by atoms with Crippen LogP contribution in [-0.2, 0) is 9.63 Å². The van der Waals surface area contributed by atoms with Crippen molar-refractivity contribution in [3.05, 3.63) is 65.5 Å². The fourth-order valence-electron chi connectivity index (χ4n) is 1.63. The molecule has 2 aromatic carbocycles. The molecular formula is C16H13F3N2O2. The van der Waals surface area contributed by atoms with Crippen LogP contribution < -0.4 is 5.32 Å². The predicted molar refractivity (Wildman–Crippen MR) is 79.5 cm³/mol. The zero-order valence-corrected chi connectivity index (χ0v) is 12.1. The molecule has 0 aliphatic rings. The molecule has 2 aromatic rings. The number of carbonyl (C=O) groups excluding carboxylic acids is 1. The van der Waals surface area contributed by atoms with Crippen molar-refractivity contribution < 1.29 is 22.8 Å². The minimum Gasteiger partial charge on any atom is -0.383 e. The van der Waals surface area contributed by atoms with Gasteiger partial charge in [0, 0.05) is 0 Å². The maximum atomic E-state index is 13.5. The number of hydrogen-bond acceptors (Lipinski definition) is 3. The van der Waals surface area contributed by atoms with Crippen molar-refractivity contribution in [2.45, 2.75) is 13.0 Å². The standard InChI is InChI=1S/C16H13F3N2O2/c1-10(23-20-9-11-5-3-2-4-6-11)16(22)21-13-8-7-12(17)14(18)15(13)19/h2-10H,1H3,(H,21,22)/b20-9-/t10-/m1/s1. The third-order valence-electron chi connectivity index (χ3n) is 2.88. The summed E-state index contributed by atoms with van der Waals surface area (Å²) < 4.78 is 39.3. The highest BCUT2D eigenvalue weighted by molar-refractivity contribution is 5.94. The molecule has 0 aliphatic carbocycles. The van der Waals surface area contributed by atoms with Gasteiger partial charge in [-0.05, 0) is 24.6 Å². The summed E-state index contributed by atoms with van der Waals surface area (Å²) in [5, 5.41) is 5.75. The molecule has 0 aliphatic heterocycles. The maximum absolute atomic E-state index is 13.5. The maximum Gasteiger partial charge on any atom is 0.268 e. The van der Waals surface area contributed by atoms with Crippen LogP contribution in [0.4, 0.5) is 18.9 Å². The summed E-state index contributed by atoms with van der Waals surface area (Å²) in [6.45, 7) is 1.38. The van der Waals surface area contributed by atoms with Gasteiger partial charge in [-0.3, -0.25) is 4.79 Å². The molecule has 1 atom stereocenters. The van der Waals surface area contributed by atoms with Crippen molar-refractivity contribution in [2.24, 2.45) is 5.16 Å². The topological polar surface area (TPSA) is 50.7 Å². The Kier molecular flexibility index (Phi) is 5.35. The number of amides is 1. The SMILES string of the molecule is C[C@@H](O/N=C\c1ccccc1)C(=O)Nc1ccc(F)c(F)c1F. The zero-order chi connectivity index (χ0) is 16.8. The summed E-state index contributed by atoms with van der Waals surface area (Å²) in [6, 6.07) is 10.7. The normalized spacial score (nSPS) is 12.2. The number of benzene rings is 2. The van der Waals surface area contributed by atoms with Crippen LogP contribution >= 0.6 is 0 Å². The Labute approximate surface area is 130 Å². The van der Waals surface area contributed by atoms with Gasteiger partial charge < -0.3 is 10.2 Å². The van der Waals surface area contributed by atoms with Gasteiger partial charge in [-0.2, -0.15) is 0 Å². The molecule has 4 nitrogen and oxygen atoms in total. The highest BCUT2D eigenvalue weighted by Crippen LogP contribution is 2.19. The molecule has 0 bridgehead atoms. The van der Waals surface area contributed by atoms with Crippen LogP contribution in [0, 0.1) is 17.5 Å². The fraction of sp³-hybridized carbons (Fsp3) is 0.125. The van der Waals surface area contributed by atoms with E-state index in [1.54, 1.807) is 12.1 Å². The lowest BCUT2D eigenvalue weighted by Gasteiger charge is -2.11. The van der Waals surface area contributed by atoms with E-state index in [0.717, 1.165) is 11.6 Å². The number of nitrogens with one attached hydrogen (secondary N) is 1. The first kappa shape index (κ1) is 16.5. The molecule has 23 heavy (non-hydrogen) atoms. The smallest absolute Gasteiger partial charge is 0.268 e. The second kappa shape index (κ2) is 7.44. The Morgan fingerprint density at radius 2 is 1.83 bits per heavy atom. The summed E-state index contributed by atoms with van der Waals surface area (Å²) in [5.41, 5.74) is 0.295. The molecule has 0 saturated carbocycles. The van der Waals surface area contributed by atoms with E-state index >= 15 is 0 Å². The lowest BCUT2D eigenvalue weighted by Crippen LogP contribution is -2.27.